The normalized spacial score (nSPS) is 17.1. The van der Waals surface area contributed by atoms with E-state index in [0.29, 0.717) is 5.56 Å². The van der Waals surface area contributed by atoms with Gasteiger partial charge in [-0.1, -0.05) is 5.16 Å². The summed E-state index contributed by atoms with van der Waals surface area (Å²) >= 11 is 0. The average Bonchev–Trinajstić information content (AvgIpc) is 3.30. The summed E-state index contributed by atoms with van der Waals surface area (Å²) in [5.74, 6) is -1.32. The summed E-state index contributed by atoms with van der Waals surface area (Å²) in [5.41, 5.74) is 4.98. The van der Waals surface area contributed by atoms with Gasteiger partial charge in [-0.15, -0.1) is 0 Å². The third kappa shape index (κ3) is 3.88. The first-order valence-electron chi connectivity index (χ1n) is 10.2. The molecule has 32 heavy (non-hydrogen) atoms. The third-order valence-electron chi connectivity index (χ3n) is 5.60. The Hall–Kier alpha value is -3.56. The number of hydrogen-bond donors (Lipinski definition) is 0. The molecule has 4 aromatic heterocycles. The Kier molecular flexibility index (Phi) is 4.99. The van der Waals surface area contributed by atoms with E-state index in [0.717, 1.165) is 54.0 Å². The lowest BCUT2D eigenvalue weighted by atomic mass is 9.93. The molecule has 0 spiro atoms. The van der Waals surface area contributed by atoms with Crippen molar-refractivity contribution in [1.29, 1.82) is 0 Å². The SMILES string of the molecule is Cc1ccc2nccc(N3CCCC(c4ccc(-c5noc(C(F)(F)F)n5)cn4)C3)c2n1. The summed E-state index contributed by atoms with van der Waals surface area (Å²) in [7, 11) is 0. The van der Waals surface area contributed by atoms with Crippen molar-refractivity contribution in [3.63, 3.8) is 0 Å². The van der Waals surface area contributed by atoms with Crippen LogP contribution in [0.1, 0.15) is 36.0 Å². The predicted octanol–water partition coefficient (Wildman–Crippen LogP) is 4.79. The van der Waals surface area contributed by atoms with Crippen molar-refractivity contribution < 1.29 is 17.7 Å². The Morgan fingerprint density at radius 3 is 2.69 bits per heavy atom. The third-order valence-corrected chi connectivity index (χ3v) is 5.60. The Morgan fingerprint density at radius 2 is 1.94 bits per heavy atom. The Balaban J connectivity index is 1.37. The molecule has 5 rings (SSSR count). The monoisotopic (exact) mass is 440 g/mol. The molecule has 0 amide bonds. The highest BCUT2D eigenvalue weighted by molar-refractivity contribution is 5.88. The molecule has 0 aliphatic carbocycles. The van der Waals surface area contributed by atoms with Crippen molar-refractivity contribution in [2.45, 2.75) is 31.9 Å². The molecule has 0 bridgehead atoms. The van der Waals surface area contributed by atoms with Gasteiger partial charge in [0.05, 0.1) is 11.2 Å². The fraction of sp³-hybridized carbons (Fsp3) is 0.318. The van der Waals surface area contributed by atoms with Gasteiger partial charge in [-0.2, -0.15) is 18.2 Å². The van der Waals surface area contributed by atoms with E-state index in [1.165, 1.54) is 6.20 Å². The number of rotatable bonds is 3. The second-order valence-corrected chi connectivity index (χ2v) is 7.83. The highest BCUT2D eigenvalue weighted by atomic mass is 19.4. The molecule has 1 aliphatic heterocycles. The van der Waals surface area contributed by atoms with Crippen LogP contribution in [0.25, 0.3) is 22.4 Å². The predicted molar refractivity (Wildman–Crippen MR) is 111 cm³/mol. The van der Waals surface area contributed by atoms with Crippen LogP contribution in [0, 0.1) is 6.92 Å². The van der Waals surface area contributed by atoms with Crippen molar-refractivity contribution in [3.05, 3.63) is 60.0 Å². The molecule has 164 valence electrons. The molecule has 0 N–H and O–H groups in total. The largest absolute Gasteiger partial charge is 0.471 e. The van der Waals surface area contributed by atoms with Gasteiger partial charge < -0.3 is 9.42 Å². The van der Waals surface area contributed by atoms with Crippen LogP contribution in [0.5, 0.6) is 0 Å². The first-order valence-corrected chi connectivity index (χ1v) is 10.2. The fourth-order valence-electron chi connectivity index (χ4n) is 4.04. The van der Waals surface area contributed by atoms with Crippen molar-refractivity contribution in [1.82, 2.24) is 25.1 Å². The van der Waals surface area contributed by atoms with Crippen molar-refractivity contribution in [2.24, 2.45) is 0 Å². The molecule has 1 atom stereocenters. The minimum absolute atomic E-state index is 0.133. The molecule has 1 aliphatic rings. The van der Waals surface area contributed by atoms with Gasteiger partial charge in [0, 0.05) is 48.4 Å². The molecule has 1 fully saturated rings. The summed E-state index contributed by atoms with van der Waals surface area (Å²) < 4.78 is 42.4. The van der Waals surface area contributed by atoms with Crippen molar-refractivity contribution in [2.75, 3.05) is 18.0 Å². The fourth-order valence-corrected chi connectivity index (χ4v) is 4.04. The minimum Gasteiger partial charge on any atom is -0.369 e. The molecule has 0 radical (unpaired) electrons. The second kappa shape index (κ2) is 7.85. The van der Waals surface area contributed by atoms with Crippen LogP contribution in [-0.2, 0) is 6.18 Å². The maximum atomic E-state index is 12.7. The van der Waals surface area contributed by atoms with Crippen LogP contribution in [0.15, 0.2) is 47.2 Å². The van der Waals surface area contributed by atoms with Crippen LogP contribution < -0.4 is 4.90 Å². The molecule has 5 heterocycles. The van der Waals surface area contributed by atoms with Gasteiger partial charge in [0.25, 0.3) is 0 Å². The van der Waals surface area contributed by atoms with Crippen LogP contribution in [0.3, 0.4) is 0 Å². The maximum absolute atomic E-state index is 12.7. The van der Waals surface area contributed by atoms with E-state index < -0.39 is 12.1 Å². The molecule has 0 saturated carbocycles. The molecular formula is C22H19F3N6O. The molecule has 4 aromatic rings. The topological polar surface area (TPSA) is 80.8 Å². The van der Waals surface area contributed by atoms with E-state index in [2.05, 4.69) is 29.5 Å². The molecule has 10 heteroatoms. The van der Waals surface area contributed by atoms with Crippen LogP contribution in [0.4, 0.5) is 18.9 Å². The summed E-state index contributed by atoms with van der Waals surface area (Å²) in [6.07, 6.45) is 0.578. The summed E-state index contributed by atoms with van der Waals surface area (Å²) in [4.78, 5) is 19.3. The number of pyridine rings is 3. The Morgan fingerprint density at radius 1 is 1.06 bits per heavy atom. The zero-order chi connectivity index (χ0) is 22.3. The van der Waals surface area contributed by atoms with Gasteiger partial charge in [-0.05, 0) is 50.1 Å². The van der Waals surface area contributed by atoms with Gasteiger partial charge >= 0.3 is 12.1 Å². The number of anilines is 1. The lowest BCUT2D eigenvalue weighted by Crippen LogP contribution is -2.34. The molecular weight excluding hydrogens is 421 g/mol. The lowest BCUT2D eigenvalue weighted by molar-refractivity contribution is -0.159. The quantitative estimate of drug-likeness (QED) is 0.453. The highest BCUT2D eigenvalue weighted by Gasteiger charge is 2.38. The number of hydrogen-bond acceptors (Lipinski definition) is 7. The first-order chi connectivity index (χ1) is 15.4. The van der Waals surface area contributed by atoms with Crippen LogP contribution >= 0.6 is 0 Å². The minimum atomic E-state index is -4.67. The van der Waals surface area contributed by atoms with Gasteiger partial charge in [-0.25, -0.2) is 4.98 Å². The number of fused-ring (bicyclic) bond motifs is 1. The Labute approximate surface area is 181 Å². The molecule has 1 unspecified atom stereocenters. The number of halogens is 3. The summed E-state index contributed by atoms with van der Waals surface area (Å²) in [6.45, 7) is 3.63. The summed E-state index contributed by atoms with van der Waals surface area (Å²) in [5, 5.41) is 3.42. The van der Waals surface area contributed by atoms with E-state index in [9.17, 15) is 13.2 Å². The molecule has 0 aromatic carbocycles. The second-order valence-electron chi connectivity index (χ2n) is 7.83. The van der Waals surface area contributed by atoms with E-state index >= 15 is 0 Å². The van der Waals surface area contributed by atoms with Gasteiger partial charge in [0.2, 0.25) is 5.82 Å². The average molecular weight is 440 g/mol. The number of nitrogens with zero attached hydrogens (tertiary/aromatic N) is 6. The van der Waals surface area contributed by atoms with E-state index in [4.69, 9.17) is 4.98 Å². The van der Waals surface area contributed by atoms with Gasteiger partial charge in [0.15, 0.2) is 0 Å². The lowest BCUT2D eigenvalue weighted by Gasteiger charge is -2.34. The smallest absolute Gasteiger partial charge is 0.369 e. The first kappa shape index (κ1) is 20.3. The van der Waals surface area contributed by atoms with Crippen molar-refractivity contribution >= 4 is 16.7 Å². The summed E-state index contributed by atoms with van der Waals surface area (Å²) in [6, 6.07) is 9.41. The molecule has 1 saturated heterocycles. The van der Waals surface area contributed by atoms with E-state index in [1.54, 1.807) is 12.3 Å². The number of piperidine rings is 1. The van der Waals surface area contributed by atoms with Crippen LogP contribution in [0.2, 0.25) is 0 Å². The van der Waals surface area contributed by atoms with E-state index in [1.807, 2.05) is 31.2 Å². The highest BCUT2D eigenvalue weighted by Crippen LogP contribution is 2.33. The van der Waals surface area contributed by atoms with E-state index in [-0.39, 0.29) is 11.7 Å². The molecule has 7 nitrogen and oxygen atoms in total. The number of aryl methyl sites for hydroxylation is 1. The van der Waals surface area contributed by atoms with Gasteiger partial charge in [-0.3, -0.25) is 9.97 Å². The number of alkyl halides is 3. The standard InChI is InChI=1S/C22H19F3N6O/c1-13-4-6-17-19(28-13)18(8-9-26-17)31-10-2-3-15(12-31)16-7-5-14(11-27-16)20-29-21(32-30-20)22(23,24)25/h4-9,11,15H,2-3,10,12H2,1H3. The maximum Gasteiger partial charge on any atom is 0.471 e. The Bertz CT molecular complexity index is 1250. The zero-order valence-electron chi connectivity index (χ0n) is 17.2. The van der Waals surface area contributed by atoms with Crippen LogP contribution in [-0.4, -0.2) is 38.2 Å². The van der Waals surface area contributed by atoms with Gasteiger partial charge in [0.1, 0.15) is 5.52 Å². The number of aromatic nitrogens is 5. The van der Waals surface area contributed by atoms with Crippen molar-refractivity contribution in [3.8, 4) is 11.4 Å². The zero-order valence-corrected chi connectivity index (χ0v) is 17.2.